The van der Waals surface area contributed by atoms with E-state index in [2.05, 4.69) is 176 Å². The minimum atomic E-state index is 0.445. The van der Waals surface area contributed by atoms with E-state index in [-0.39, 0.29) is 0 Å². The Morgan fingerprint density at radius 1 is 0.207 bits per heavy atom. The lowest BCUT2D eigenvalue weighted by Crippen LogP contribution is -2.17. The van der Waals surface area contributed by atoms with E-state index in [4.69, 9.17) is 39.9 Å². The number of nitrogens with zero attached hydrogens (tertiary/aromatic N) is 12. The lowest BCUT2D eigenvalue weighted by molar-refractivity contribution is 1.01. The molecular weight excluding hydrogens is 1010 g/mol. The number of para-hydroxylation sites is 4. The average molecular weight is 1050 g/mol. The monoisotopic (exact) mass is 1050 g/mol. The summed E-state index contributed by atoms with van der Waals surface area (Å²) in [5.74, 6) is 1.48. The summed E-state index contributed by atoms with van der Waals surface area (Å²) >= 11 is 0. The molecule has 17 rings (SSSR count). The zero-order valence-electron chi connectivity index (χ0n) is 43.6. The number of aromatic nitrogens is 12. The summed E-state index contributed by atoms with van der Waals surface area (Å²) < 4.78 is 9.65. The standard InChI is InChI=1S/C70H42N12/c1-3-15-44(16-4-1)68-76-69(45-17-5-2-6-18-45)78-70(77-68)63-62(43-27-33-71-34-28-43)64(79-54-23-11-7-19-46(54)50-29-35-72-39-58(50)79)66(81-56-25-13-9-21-48(56)52-31-37-74-41-60(52)81)67(82-57-26-14-10-22-49(57)53-32-38-75-42-61(53)82)65(63)80-55-24-12-8-20-47(55)51-30-36-73-40-59(51)80/h1-42H. The van der Waals surface area contributed by atoms with Gasteiger partial charge in [0, 0.05) is 97.0 Å². The van der Waals surface area contributed by atoms with Gasteiger partial charge in [0.1, 0.15) is 0 Å². The lowest BCUT2D eigenvalue weighted by atomic mass is 9.91. The predicted octanol–water partition coefficient (Wildman–Crippen LogP) is 15.9. The van der Waals surface area contributed by atoms with Gasteiger partial charge in [0.25, 0.3) is 0 Å². The van der Waals surface area contributed by atoms with E-state index in [1.54, 1.807) is 0 Å². The first-order chi connectivity index (χ1) is 40.8. The molecule has 0 bridgehead atoms. The second kappa shape index (κ2) is 18.0. The van der Waals surface area contributed by atoms with Crippen molar-refractivity contribution in [2.24, 2.45) is 0 Å². The molecular formula is C70H42N12. The van der Waals surface area contributed by atoms with Crippen LogP contribution in [0, 0.1) is 0 Å². The van der Waals surface area contributed by atoms with E-state index in [1.807, 2.05) is 98.4 Å². The fourth-order valence-corrected chi connectivity index (χ4v) is 12.7. The van der Waals surface area contributed by atoms with Crippen LogP contribution in [0.3, 0.4) is 0 Å². The van der Waals surface area contributed by atoms with Crippen LogP contribution < -0.4 is 0 Å². The lowest BCUT2D eigenvalue weighted by Gasteiger charge is -2.30. The van der Waals surface area contributed by atoms with E-state index >= 15 is 0 Å². The maximum absolute atomic E-state index is 5.78. The SMILES string of the molecule is c1ccc(-c2nc(-c3ccccc3)nc(-c3c(-c4ccncc4)c(-n4c5ccccc5c5ccncc54)c(-n4c5ccccc5c5ccncc54)c(-n4c5ccccc5c5ccncc54)c3-n3c4ccccc4c4ccncc43)n2)cc1. The van der Waals surface area contributed by atoms with Crippen molar-refractivity contribution in [3.63, 3.8) is 0 Å². The van der Waals surface area contributed by atoms with Gasteiger partial charge in [-0.05, 0) is 66.2 Å². The molecule has 10 heterocycles. The summed E-state index contributed by atoms with van der Waals surface area (Å²) in [6, 6.07) is 67.6. The predicted molar refractivity (Wildman–Crippen MR) is 328 cm³/mol. The Balaban J connectivity index is 1.26. The summed E-state index contributed by atoms with van der Waals surface area (Å²) in [6.45, 7) is 0. The first-order valence-corrected chi connectivity index (χ1v) is 27.1. The molecule has 0 amide bonds. The van der Waals surface area contributed by atoms with Gasteiger partial charge in [0.15, 0.2) is 17.5 Å². The normalized spacial score (nSPS) is 11.9. The van der Waals surface area contributed by atoms with E-state index in [0.29, 0.717) is 17.5 Å². The molecule has 0 atom stereocenters. The second-order valence-electron chi connectivity index (χ2n) is 20.4. The Labute approximate surface area is 467 Å². The molecule has 17 aromatic rings. The van der Waals surface area contributed by atoms with Crippen molar-refractivity contribution in [1.82, 2.24) is 58.1 Å². The molecule has 0 unspecified atom stereocenters. The number of pyridine rings is 5. The van der Waals surface area contributed by atoms with Gasteiger partial charge < -0.3 is 18.3 Å². The zero-order chi connectivity index (χ0) is 53.8. The van der Waals surface area contributed by atoms with E-state index in [9.17, 15) is 0 Å². The van der Waals surface area contributed by atoms with Gasteiger partial charge in [0.05, 0.1) is 97.2 Å². The van der Waals surface area contributed by atoms with Crippen LogP contribution >= 0.6 is 0 Å². The summed E-state index contributed by atoms with van der Waals surface area (Å²) in [7, 11) is 0. The van der Waals surface area contributed by atoms with Crippen LogP contribution in [-0.2, 0) is 0 Å². The molecule has 10 aromatic heterocycles. The third kappa shape index (κ3) is 6.66. The van der Waals surface area contributed by atoms with E-state index in [1.165, 1.54) is 0 Å². The third-order valence-corrected chi connectivity index (χ3v) is 16.1. The molecule has 0 aliphatic rings. The quantitative estimate of drug-likeness (QED) is 0.147. The molecule has 82 heavy (non-hydrogen) atoms. The molecule has 7 aromatic carbocycles. The van der Waals surface area contributed by atoms with Crippen LogP contribution in [0.2, 0.25) is 0 Å². The van der Waals surface area contributed by atoms with Gasteiger partial charge in [0.2, 0.25) is 0 Å². The summed E-state index contributed by atoms with van der Waals surface area (Å²) in [5, 5.41) is 8.40. The number of benzene rings is 7. The highest BCUT2D eigenvalue weighted by Gasteiger charge is 2.37. The van der Waals surface area contributed by atoms with Crippen LogP contribution in [0.25, 0.3) is 155 Å². The first kappa shape index (κ1) is 45.5. The largest absolute Gasteiger partial charge is 0.305 e. The first-order valence-electron chi connectivity index (χ1n) is 27.1. The van der Waals surface area contributed by atoms with Gasteiger partial charge in [-0.25, -0.2) is 15.0 Å². The Kier molecular flexibility index (Phi) is 10.0. The van der Waals surface area contributed by atoms with Crippen LogP contribution in [0.4, 0.5) is 0 Å². The van der Waals surface area contributed by atoms with Gasteiger partial charge in [-0.15, -0.1) is 0 Å². The summed E-state index contributed by atoms with van der Waals surface area (Å²) in [6.07, 6.45) is 19.2. The maximum Gasteiger partial charge on any atom is 0.166 e. The Hall–Kier alpha value is -11.5. The molecule has 382 valence electrons. The number of hydrogen-bond donors (Lipinski definition) is 0. The highest BCUT2D eigenvalue weighted by atomic mass is 15.2. The number of fused-ring (bicyclic) bond motifs is 12. The molecule has 12 heteroatoms. The Bertz CT molecular complexity index is 5140. The highest BCUT2D eigenvalue weighted by Crippen LogP contribution is 2.54. The topological polar surface area (TPSA) is 123 Å². The molecule has 0 spiro atoms. The van der Waals surface area contributed by atoms with Crippen molar-refractivity contribution in [3.05, 3.63) is 256 Å². The smallest absolute Gasteiger partial charge is 0.166 e. The Morgan fingerprint density at radius 3 is 0.878 bits per heavy atom. The fourth-order valence-electron chi connectivity index (χ4n) is 12.7. The maximum atomic E-state index is 5.78. The van der Waals surface area contributed by atoms with Crippen molar-refractivity contribution < 1.29 is 0 Å². The van der Waals surface area contributed by atoms with Crippen LogP contribution in [0.15, 0.2) is 256 Å². The van der Waals surface area contributed by atoms with Crippen molar-refractivity contribution in [2.75, 3.05) is 0 Å². The summed E-state index contributed by atoms with van der Waals surface area (Å²) in [4.78, 5) is 41.4. The number of rotatable bonds is 8. The van der Waals surface area contributed by atoms with Crippen molar-refractivity contribution in [1.29, 1.82) is 0 Å². The molecule has 0 saturated heterocycles. The molecule has 0 fully saturated rings. The minimum Gasteiger partial charge on any atom is -0.305 e. The highest BCUT2D eigenvalue weighted by molar-refractivity contribution is 6.18. The number of hydrogen-bond acceptors (Lipinski definition) is 8. The van der Waals surface area contributed by atoms with Crippen molar-refractivity contribution >= 4 is 87.2 Å². The van der Waals surface area contributed by atoms with Gasteiger partial charge >= 0.3 is 0 Å². The van der Waals surface area contributed by atoms with E-state index < -0.39 is 0 Å². The molecule has 0 radical (unpaired) electrons. The molecule has 0 aliphatic carbocycles. The fraction of sp³-hybridized carbons (Fsp3) is 0. The van der Waals surface area contributed by atoms with Crippen LogP contribution in [0.1, 0.15) is 0 Å². The minimum absolute atomic E-state index is 0.445. The van der Waals surface area contributed by atoms with Crippen LogP contribution in [0.5, 0.6) is 0 Å². The van der Waals surface area contributed by atoms with Crippen molar-refractivity contribution in [3.8, 4) is 68.0 Å². The molecule has 0 N–H and O–H groups in total. The zero-order valence-corrected chi connectivity index (χ0v) is 43.6. The van der Waals surface area contributed by atoms with E-state index in [0.717, 1.165) is 138 Å². The van der Waals surface area contributed by atoms with Crippen molar-refractivity contribution in [2.45, 2.75) is 0 Å². The van der Waals surface area contributed by atoms with Crippen LogP contribution in [-0.4, -0.2) is 58.1 Å². The third-order valence-electron chi connectivity index (χ3n) is 16.1. The van der Waals surface area contributed by atoms with Gasteiger partial charge in [-0.3, -0.25) is 24.9 Å². The summed E-state index contributed by atoms with van der Waals surface area (Å²) in [5.41, 5.74) is 14.9. The molecule has 0 saturated carbocycles. The molecule has 12 nitrogen and oxygen atoms in total. The van der Waals surface area contributed by atoms with Gasteiger partial charge in [-0.1, -0.05) is 133 Å². The van der Waals surface area contributed by atoms with Gasteiger partial charge in [-0.2, -0.15) is 0 Å². The average Bonchev–Trinajstić information content (AvgIpc) is 2.35. The second-order valence-corrected chi connectivity index (χ2v) is 20.4. The Morgan fingerprint density at radius 2 is 0.500 bits per heavy atom. The molecule has 0 aliphatic heterocycles.